The minimum atomic E-state index is -3.99. The summed E-state index contributed by atoms with van der Waals surface area (Å²) in [7, 11) is -3.99. The number of alkyl carbamates (subject to hydrolysis) is 1. The molecule has 1 aliphatic heterocycles. The van der Waals surface area contributed by atoms with Crippen LogP contribution in [-0.4, -0.2) is 59.7 Å². The second-order valence-corrected chi connectivity index (χ2v) is 9.13. The fourth-order valence-corrected chi connectivity index (χ4v) is 4.47. The number of nitro benzene ring substituents is 1. The highest BCUT2D eigenvalue weighted by molar-refractivity contribution is 7.89. The van der Waals surface area contributed by atoms with Crippen molar-refractivity contribution in [2.45, 2.75) is 49.8 Å². The van der Waals surface area contributed by atoms with Crippen molar-refractivity contribution < 1.29 is 28.0 Å². The second kappa shape index (κ2) is 7.79. The van der Waals surface area contributed by atoms with Crippen molar-refractivity contribution in [1.29, 1.82) is 0 Å². The smallest absolute Gasteiger partial charge is 0.407 e. The largest absolute Gasteiger partial charge is 0.444 e. The first-order valence-electron chi connectivity index (χ1n) is 8.30. The lowest BCUT2D eigenvalue weighted by Crippen LogP contribution is -2.41. The summed E-state index contributed by atoms with van der Waals surface area (Å²) in [5.41, 5.74) is -0.914. The predicted octanol–water partition coefficient (Wildman–Crippen LogP) is 1.24. The maximum absolute atomic E-state index is 12.8. The molecule has 27 heavy (non-hydrogen) atoms. The highest BCUT2D eigenvalue weighted by Crippen LogP contribution is 2.27. The number of amides is 1. The van der Waals surface area contributed by atoms with E-state index in [0.29, 0.717) is 0 Å². The summed E-state index contributed by atoms with van der Waals surface area (Å²) in [5, 5.41) is 22.9. The zero-order valence-electron chi connectivity index (χ0n) is 15.3. The quantitative estimate of drug-likeness (QED) is 0.559. The summed E-state index contributed by atoms with van der Waals surface area (Å²) in [5.74, 6) is 0. The van der Waals surface area contributed by atoms with E-state index in [2.05, 4.69) is 5.32 Å². The Hall–Kier alpha value is -2.24. The standard InChI is InChI=1S/C16H23N3O7S/c1-16(2,3)26-15(21)17-11-8-13(10-20)18(9-11)27(24,25)14-6-4-12(5-7-14)19(22)23/h4-7,11,13,20H,8-10H2,1-3H3,(H,17,21)/t11-,13+/m1/s1. The van der Waals surface area contributed by atoms with Crippen molar-refractivity contribution in [2.75, 3.05) is 13.2 Å². The topological polar surface area (TPSA) is 139 Å². The third kappa shape index (κ3) is 5.15. The van der Waals surface area contributed by atoms with Gasteiger partial charge < -0.3 is 15.2 Å². The molecule has 0 radical (unpaired) electrons. The summed E-state index contributed by atoms with van der Waals surface area (Å²) in [4.78, 5) is 21.9. The van der Waals surface area contributed by atoms with Gasteiger partial charge in [-0.1, -0.05) is 0 Å². The maximum Gasteiger partial charge on any atom is 0.407 e. The molecule has 0 saturated carbocycles. The normalized spacial score (nSPS) is 21.0. The van der Waals surface area contributed by atoms with Gasteiger partial charge in [0.25, 0.3) is 5.69 Å². The van der Waals surface area contributed by atoms with Gasteiger partial charge in [0.1, 0.15) is 5.60 Å². The molecule has 150 valence electrons. The lowest BCUT2D eigenvalue weighted by atomic mass is 10.2. The Labute approximate surface area is 157 Å². The van der Waals surface area contributed by atoms with Crippen LogP contribution in [0.25, 0.3) is 0 Å². The first-order chi connectivity index (χ1) is 12.4. The summed E-state index contributed by atoms with van der Waals surface area (Å²) < 4.78 is 32.0. The van der Waals surface area contributed by atoms with Crippen molar-refractivity contribution in [2.24, 2.45) is 0 Å². The maximum atomic E-state index is 12.8. The van der Waals surface area contributed by atoms with Gasteiger partial charge in [0.05, 0.1) is 22.5 Å². The van der Waals surface area contributed by atoms with Crippen molar-refractivity contribution >= 4 is 21.8 Å². The molecule has 0 bridgehead atoms. The Morgan fingerprint density at radius 1 is 1.37 bits per heavy atom. The van der Waals surface area contributed by atoms with E-state index in [1.54, 1.807) is 20.8 Å². The zero-order chi connectivity index (χ0) is 20.4. The number of carbonyl (C=O) groups is 1. The molecule has 11 heteroatoms. The SMILES string of the molecule is CC(C)(C)OC(=O)N[C@@H]1C[C@@H](CO)N(S(=O)(=O)c2ccc([N+](=O)[O-])cc2)C1. The number of rotatable bonds is 5. The Morgan fingerprint density at radius 2 is 1.96 bits per heavy atom. The Kier molecular flexibility index (Phi) is 6.07. The van der Waals surface area contributed by atoms with Gasteiger partial charge in [0.15, 0.2) is 0 Å². The van der Waals surface area contributed by atoms with Crippen LogP contribution in [-0.2, 0) is 14.8 Å². The Morgan fingerprint density at radius 3 is 2.44 bits per heavy atom. The fourth-order valence-electron chi connectivity index (χ4n) is 2.80. The molecular formula is C16H23N3O7S. The zero-order valence-corrected chi connectivity index (χ0v) is 16.1. The van der Waals surface area contributed by atoms with Crippen LogP contribution < -0.4 is 5.32 Å². The van der Waals surface area contributed by atoms with Gasteiger partial charge in [-0.15, -0.1) is 0 Å². The van der Waals surface area contributed by atoms with Crippen LogP contribution in [0.5, 0.6) is 0 Å². The highest BCUT2D eigenvalue weighted by atomic mass is 32.2. The number of aliphatic hydroxyl groups is 1. The first-order valence-corrected chi connectivity index (χ1v) is 9.74. The van der Waals surface area contributed by atoms with Crippen LogP contribution in [0, 0.1) is 10.1 Å². The van der Waals surface area contributed by atoms with Crippen molar-refractivity contribution in [3.05, 3.63) is 34.4 Å². The van der Waals surface area contributed by atoms with Crippen LogP contribution >= 0.6 is 0 Å². The first kappa shape index (κ1) is 21.1. The molecule has 0 spiro atoms. The number of hydrogen-bond acceptors (Lipinski definition) is 7. The van der Waals surface area contributed by atoms with E-state index < -0.39 is 45.3 Å². The van der Waals surface area contributed by atoms with Gasteiger partial charge in [-0.2, -0.15) is 4.31 Å². The van der Waals surface area contributed by atoms with E-state index in [1.165, 1.54) is 0 Å². The van der Waals surface area contributed by atoms with Gasteiger partial charge in [-0.3, -0.25) is 10.1 Å². The highest BCUT2D eigenvalue weighted by Gasteiger charge is 2.41. The van der Waals surface area contributed by atoms with E-state index in [-0.39, 0.29) is 23.5 Å². The van der Waals surface area contributed by atoms with Crippen molar-refractivity contribution in [3.8, 4) is 0 Å². The number of benzene rings is 1. The van der Waals surface area contributed by atoms with Crippen molar-refractivity contribution in [1.82, 2.24) is 9.62 Å². The molecule has 2 N–H and O–H groups in total. The van der Waals surface area contributed by atoms with E-state index >= 15 is 0 Å². The second-order valence-electron chi connectivity index (χ2n) is 7.24. The summed E-state index contributed by atoms with van der Waals surface area (Å²) in [6, 6.07) is 3.27. The summed E-state index contributed by atoms with van der Waals surface area (Å²) in [6.07, 6.45) is -0.444. The average Bonchev–Trinajstić information content (AvgIpc) is 2.96. The average molecular weight is 401 g/mol. The van der Waals surface area contributed by atoms with Gasteiger partial charge in [0.2, 0.25) is 10.0 Å². The predicted molar refractivity (Wildman–Crippen MR) is 95.6 cm³/mol. The molecule has 1 fully saturated rings. The molecule has 1 amide bonds. The molecule has 0 unspecified atom stereocenters. The molecule has 1 aliphatic rings. The third-order valence-corrected chi connectivity index (χ3v) is 5.88. The van der Waals surface area contributed by atoms with Gasteiger partial charge in [-0.05, 0) is 39.3 Å². The third-order valence-electron chi connectivity index (χ3n) is 3.95. The fraction of sp³-hybridized carbons (Fsp3) is 0.562. The molecule has 2 rings (SSSR count). The number of hydrogen-bond donors (Lipinski definition) is 2. The number of nitrogens with zero attached hydrogens (tertiary/aromatic N) is 2. The van der Waals surface area contributed by atoms with E-state index in [9.17, 15) is 28.4 Å². The Bertz CT molecular complexity index is 802. The molecule has 10 nitrogen and oxygen atoms in total. The number of aliphatic hydroxyl groups excluding tert-OH is 1. The lowest BCUT2D eigenvalue weighted by molar-refractivity contribution is -0.384. The van der Waals surface area contributed by atoms with Crippen molar-refractivity contribution in [3.63, 3.8) is 0 Å². The van der Waals surface area contributed by atoms with Gasteiger partial charge in [-0.25, -0.2) is 13.2 Å². The number of nitrogens with one attached hydrogen (secondary N) is 1. The lowest BCUT2D eigenvalue weighted by Gasteiger charge is -2.22. The van der Waals surface area contributed by atoms with Gasteiger partial charge in [0, 0.05) is 24.7 Å². The molecule has 1 aromatic carbocycles. The minimum absolute atomic E-state index is 0.0379. The number of non-ortho nitro benzene ring substituents is 1. The number of carbonyl (C=O) groups excluding carboxylic acids is 1. The van der Waals surface area contributed by atoms with Crippen LogP contribution in [0.4, 0.5) is 10.5 Å². The number of ether oxygens (including phenoxy) is 1. The summed E-state index contributed by atoms with van der Waals surface area (Å²) >= 11 is 0. The molecule has 2 atom stereocenters. The monoisotopic (exact) mass is 401 g/mol. The van der Waals surface area contributed by atoms with Crippen LogP contribution in [0.15, 0.2) is 29.2 Å². The number of sulfonamides is 1. The molecule has 0 aliphatic carbocycles. The summed E-state index contributed by atoms with van der Waals surface area (Å²) in [6.45, 7) is 4.68. The van der Waals surface area contributed by atoms with Crippen LogP contribution in [0.2, 0.25) is 0 Å². The Balaban J connectivity index is 2.16. The molecule has 0 aromatic heterocycles. The van der Waals surface area contributed by atoms with E-state index in [1.807, 2.05) is 0 Å². The number of nitro groups is 1. The van der Waals surface area contributed by atoms with Gasteiger partial charge >= 0.3 is 6.09 Å². The van der Waals surface area contributed by atoms with E-state index in [0.717, 1.165) is 28.6 Å². The molecule has 1 heterocycles. The molecule has 1 aromatic rings. The molecule has 1 saturated heterocycles. The minimum Gasteiger partial charge on any atom is -0.444 e. The van der Waals surface area contributed by atoms with Crippen LogP contribution in [0.3, 0.4) is 0 Å². The molecular weight excluding hydrogens is 378 g/mol. The van der Waals surface area contributed by atoms with Crippen LogP contribution in [0.1, 0.15) is 27.2 Å². The van der Waals surface area contributed by atoms with E-state index in [4.69, 9.17) is 4.74 Å².